The van der Waals surface area contributed by atoms with Crippen LogP contribution in [0.15, 0.2) is 137 Å². The Kier molecular flexibility index (Phi) is 6.43. The number of benzene rings is 5. The van der Waals surface area contributed by atoms with Crippen LogP contribution in [0.3, 0.4) is 0 Å². The van der Waals surface area contributed by atoms with Gasteiger partial charge < -0.3 is 0 Å². The summed E-state index contributed by atoms with van der Waals surface area (Å²) >= 11 is 0.0611. The van der Waals surface area contributed by atoms with Crippen LogP contribution in [0.25, 0.3) is 41.7 Å². The Morgan fingerprint density at radius 3 is 1.95 bits per heavy atom. The third-order valence-electron chi connectivity index (χ3n) is 7.61. The number of hydrogen-bond donors (Lipinski definition) is 0. The Balaban J connectivity index is 1.48. The molecule has 0 fully saturated rings. The van der Waals surface area contributed by atoms with E-state index in [1.807, 2.05) is 36.4 Å². The van der Waals surface area contributed by atoms with E-state index in [9.17, 15) is 4.79 Å². The molecule has 0 radical (unpaired) electrons. The van der Waals surface area contributed by atoms with Crippen LogP contribution < -0.4 is 10.3 Å². The third kappa shape index (κ3) is 4.62. The van der Waals surface area contributed by atoms with Crippen molar-refractivity contribution in [3.05, 3.63) is 149 Å². The second-order valence-electron chi connectivity index (χ2n) is 10.3. The molecule has 0 aliphatic rings. The van der Waals surface area contributed by atoms with Crippen LogP contribution in [0, 0.1) is 13.8 Å². The average molecular weight is 597 g/mol. The van der Waals surface area contributed by atoms with Gasteiger partial charge in [0.25, 0.3) is 0 Å². The number of para-hydroxylation sites is 2. The van der Waals surface area contributed by atoms with E-state index in [-0.39, 0.29) is 19.9 Å². The van der Waals surface area contributed by atoms with Crippen molar-refractivity contribution in [1.29, 1.82) is 0 Å². The first-order chi connectivity index (χ1) is 20.1. The van der Waals surface area contributed by atoms with E-state index in [0.29, 0.717) is 0 Å². The van der Waals surface area contributed by atoms with Gasteiger partial charge in [0.2, 0.25) is 0 Å². The van der Waals surface area contributed by atoms with E-state index in [4.69, 9.17) is 4.42 Å². The predicted octanol–water partition coefficient (Wildman–Crippen LogP) is 9.42. The maximum absolute atomic E-state index is 13.3. The monoisotopic (exact) mass is 597 g/mol. The summed E-state index contributed by atoms with van der Waals surface area (Å²) in [6, 6.07) is 41.8. The molecule has 7 aromatic rings. The SMILES string of the molecule is Cc1ccccc1N(c1cc(-c2ccc3c(=O)c4ccccc4[se]c3c2)cc(-c2ccco2)c1)c1ccccc1C. The molecular weight excluding hydrogens is 569 g/mol. The Bertz CT molecular complexity index is 2060. The number of aryl methyl sites for hydroxylation is 2. The molecule has 0 unspecified atom stereocenters. The van der Waals surface area contributed by atoms with Gasteiger partial charge in [0.1, 0.15) is 0 Å². The van der Waals surface area contributed by atoms with Crippen LogP contribution >= 0.6 is 0 Å². The Morgan fingerprint density at radius 1 is 0.585 bits per heavy atom. The fraction of sp³-hybridized carbons (Fsp3) is 0.0541. The third-order valence-corrected chi connectivity index (χ3v) is 9.98. The van der Waals surface area contributed by atoms with Gasteiger partial charge in [0, 0.05) is 0 Å². The molecule has 0 spiro atoms. The molecule has 3 nitrogen and oxygen atoms in total. The number of nitrogens with zero attached hydrogens (tertiary/aromatic N) is 1. The Morgan fingerprint density at radius 2 is 1.24 bits per heavy atom. The van der Waals surface area contributed by atoms with Crippen LogP contribution in [0.5, 0.6) is 0 Å². The summed E-state index contributed by atoms with van der Waals surface area (Å²) in [5.41, 5.74) is 8.95. The summed E-state index contributed by atoms with van der Waals surface area (Å²) in [4.78, 5) is 15.6. The Labute approximate surface area is 244 Å². The van der Waals surface area contributed by atoms with Crippen molar-refractivity contribution in [1.82, 2.24) is 0 Å². The van der Waals surface area contributed by atoms with E-state index in [1.165, 1.54) is 11.1 Å². The zero-order chi connectivity index (χ0) is 27.9. The van der Waals surface area contributed by atoms with Gasteiger partial charge in [0.05, 0.1) is 0 Å². The molecule has 0 atom stereocenters. The zero-order valence-corrected chi connectivity index (χ0v) is 24.5. The number of hydrogen-bond acceptors (Lipinski definition) is 3. The van der Waals surface area contributed by atoms with Gasteiger partial charge in [-0.15, -0.1) is 0 Å². The zero-order valence-electron chi connectivity index (χ0n) is 22.8. The van der Waals surface area contributed by atoms with Gasteiger partial charge in [-0.3, -0.25) is 0 Å². The second kappa shape index (κ2) is 10.4. The fourth-order valence-corrected chi connectivity index (χ4v) is 7.84. The van der Waals surface area contributed by atoms with Crippen molar-refractivity contribution in [3.8, 4) is 22.5 Å². The predicted molar refractivity (Wildman–Crippen MR) is 172 cm³/mol. The standard InChI is InChI=1S/C37H27NO2Se/c1-24-10-3-6-13-32(24)38(33-14-7-4-11-25(33)2)29-21-27(20-28(22-29)34-15-9-19-40-34)26-17-18-31-36(23-26)41-35-16-8-5-12-30(35)37(31)39/h3-23H,1-2H3. The van der Waals surface area contributed by atoms with E-state index in [2.05, 4.69) is 104 Å². The fourth-order valence-electron chi connectivity index (χ4n) is 5.51. The van der Waals surface area contributed by atoms with Crippen molar-refractivity contribution in [2.24, 2.45) is 0 Å². The molecule has 0 N–H and O–H groups in total. The summed E-state index contributed by atoms with van der Waals surface area (Å²) in [5, 5.41) is 1.65. The first-order valence-electron chi connectivity index (χ1n) is 13.6. The maximum atomic E-state index is 13.3. The van der Waals surface area contributed by atoms with Gasteiger partial charge in [-0.05, 0) is 0 Å². The van der Waals surface area contributed by atoms with Gasteiger partial charge in [0.15, 0.2) is 0 Å². The van der Waals surface area contributed by atoms with Crippen molar-refractivity contribution in [2.75, 3.05) is 4.90 Å². The summed E-state index contributed by atoms with van der Waals surface area (Å²) in [5.74, 6) is 0.814. The van der Waals surface area contributed by atoms with Gasteiger partial charge in [-0.2, -0.15) is 0 Å². The number of anilines is 3. The normalized spacial score (nSPS) is 11.3. The van der Waals surface area contributed by atoms with Crippen LogP contribution in [0.4, 0.5) is 17.1 Å². The molecule has 2 aromatic heterocycles. The topological polar surface area (TPSA) is 33.5 Å². The first-order valence-corrected chi connectivity index (χ1v) is 15.3. The molecule has 0 saturated heterocycles. The molecule has 5 aromatic carbocycles. The van der Waals surface area contributed by atoms with Gasteiger partial charge >= 0.3 is 245 Å². The van der Waals surface area contributed by atoms with Crippen LogP contribution in [-0.2, 0) is 0 Å². The van der Waals surface area contributed by atoms with Crippen LogP contribution in [-0.4, -0.2) is 14.5 Å². The van der Waals surface area contributed by atoms with Gasteiger partial charge in [-0.1, -0.05) is 0 Å². The molecule has 0 aliphatic carbocycles. The molecule has 0 bridgehead atoms. The summed E-state index contributed by atoms with van der Waals surface area (Å²) in [7, 11) is 0. The summed E-state index contributed by atoms with van der Waals surface area (Å²) in [6.45, 7) is 4.30. The molecule has 0 aliphatic heterocycles. The molecule has 4 heteroatoms. The summed E-state index contributed by atoms with van der Waals surface area (Å²) in [6.07, 6.45) is 1.71. The molecule has 2 heterocycles. The van der Waals surface area contributed by atoms with E-state index < -0.39 is 0 Å². The minimum atomic E-state index is 0.0611. The number of rotatable bonds is 5. The minimum absolute atomic E-state index is 0.0611. The van der Waals surface area contributed by atoms with Crippen LogP contribution in [0.2, 0.25) is 0 Å². The molecule has 0 amide bonds. The number of fused-ring (bicyclic) bond motifs is 2. The molecule has 41 heavy (non-hydrogen) atoms. The average Bonchev–Trinajstić information content (AvgIpc) is 3.54. The summed E-state index contributed by atoms with van der Waals surface area (Å²) < 4.78 is 8.15. The van der Waals surface area contributed by atoms with Gasteiger partial charge in [-0.25, -0.2) is 0 Å². The second-order valence-corrected chi connectivity index (χ2v) is 12.6. The first kappa shape index (κ1) is 25.3. The molecule has 198 valence electrons. The molecule has 0 saturated carbocycles. The van der Waals surface area contributed by atoms with Crippen molar-refractivity contribution >= 4 is 50.9 Å². The van der Waals surface area contributed by atoms with Crippen molar-refractivity contribution in [2.45, 2.75) is 13.8 Å². The van der Waals surface area contributed by atoms with Crippen molar-refractivity contribution < 1.29 is 4.42 Å². The number of furan rings is 1. The van der Waals surface area contributed by atoms with Crippen molar-refractivity contribution in [3.63, 3.8) is 0 Å². The molecular formula is C37H27NO2Se. The van der Waals surface area contributed by atoms with E-state index in [0.717, 1.165) is 58.8 Å². The quantitative estimate of drug-likeness (QED) is 0.147. The Hall–Kier alpha value is -4.63. The van der Waals surface area contributed by atoms with Crippen LogP contribution in [0.1, 0.15) is 11.1 Å². The van der Waals surface area contributed by atoms with E-state index >= 15 is 0 Å². The van der Waals surface area contributed by atoms with E-state index in [1.54, 1.807) is 6.26 Å². The molecule has 7 rings (SSSR count).